The van der Waals surface area contributed by atoms with Crippen molar-refractivity contribution >= 4 is 22.8 Å². The van der Waals surface area contributed by atoms with E-state index < -0.39 is 0 Å². The van der Waals surface area contributed by atoms with Crippen molar-refractivity contribution in [1.82, 2.24) is 9.47 Å². The third-order valence-electron chi connectivity index (χ3n) is 5.20. The summed E-state index contributed by atoms with van der Waals surface area (Å²) in [6.45, 7) is 8.66. The Hall–Kier alpha value is -2.50. The van der Waals surface area contributed by atoms with Crippen LogP contribution in [0.15, 0.2) is 24.3 Å². The number of benzene rings is 1. The lowest BCUT2D eigenvalue weighted by Crippen LogP contribution is -2.43. The molecular weight excluding hydrogens is 356 g/mol. The molecule has 6 nitrogen and oxygen atoms in total. The molecule has 1 aromatic heterocycles. The van der Waals surface area contributed by atoms with E-state index in [0.717, 1.165) is 42.5 Å². The van der Waals surface area contributed by atoms with Gasteiger partial charge in [0.05, 0.1) is 24.6 Å². The van der Waals surface area contributed by atoms with Gasteiger partial charge in [0.1, 0.15) is 11.4 Å². The molecule has 0 spiro atoms. The van der Waals surface area contributed by atoms with Crippen molar-refractivity contribution in [1.29, 1.82) is 0 Å². The molecule has 1 fully saturated rings. The third kappa shape index (κ3) is 4.01. The lowest BCUT2D eigenvalue weighted by atomic mass is 9.98. The van der Waals surface area contributed by atoms with E-state index >= 15 is 0 Å². The van der Waals surface area contributed by atoms with Crippen molar-refractivity contribution in [3.05, 3.63) is 30.0 Å². The van der Waals surface area contributed by atoms with Gasteiger partial charge in [-0.3, -0.25) is 9.59 Å². The minimum Gasteiger partial charge on any atom is -0.493 e. The van der Waals surface area contributed by atoms with Gasteiger partial charge < -0.3 is 18.9 Å². The summed E-state index contributed by atoms with van der Waals surface area (Å²) in [7, 11) is 0. The van der Waals surface area contributed by atoms with Gasteiger partial charge in [0.2, 0.25) is 0 Å². The number of ether oxygens (including phenoxy) is 2. The van der Waals surface area contributed by atoms with Crippen molar-refractivity contribution in [2.24, 2.45) is 5.92 Å². The van der Waals surface area contributed by atoms with Gasteiger partial charge in [-0.1, -0.05) is 13.0 Å². The maximum Gasteiger partial charge on any atom is 0.310 e. The molecule has 6 heteroatoms. The van der Waals surface area contributed by atoms with E-state index in [4.69, 9.17) is 9.47 Å². The molecule has 0 radical (unpaired) electrons. The van der Waals surface area contributed by atoms with Crippen LogP contribution in [0.4, 0.5) is 0 Å². The zero-order chi connectivity index (χ0) is 20.1. The van der Waals surface area contributed by atoms with Crippen molar-refractivity contribution in [2.75, 3.05) is 26.3 Å². The molecule has 28 heavy (non-hydrogen) atoms. The van der Waals surface area contributed by atoms with Gasteiger partial charge in [0.15, 0.2) is 0 Å². The van der Waals surface area contributed by atoms with Crippen LogP contribution in [0.3, 0.4) is 0 Å². The molecule has 2 heterocycles. The molecule has 1 saturated heterocycles. The molecule has 1 unspecified atom stereocenters. The number of likely N-dealkylation sites (tertiary alicyclic amines) is 1. The first-order chi connectivity index (χ1) is 13.6. The second-order valence-corrected chi connectivity index (χ2v) is 7.15. The summed E-state index contributed by atoms with van der Waals surface area (Å²) in [5.41, 5.74) is 1.67. The number of esters is 1. The Bertz CT molecular complexity index is 842. The fourth-order valence-electron chi connectivity index (χ4n) is 3.96. The quantitative estimate of drug-likeness (QED) is 0.678. The van der Waals surface area contributed by atoms with Crippen molar-refractivity contribution in [3.8, 4) is 5.75 Å². The summed E-state index contributed by atoms with van der Waals surface area (Å²) in [4.78, 5) is 27.3. The van der Waals surface area contributed by atoms with E-state index in [9.17, 15) is 9.59 Å². The van der Waals surface area contributed by atoms with Crippen molar-refractivity contribution in [3.63, 3.8) is 0 Å². The second kappa shape index (κ2) is 9.13. The molecule has 0 aliphatic carbocycles. The topological polar surface area (TPSA) is 60.8 Å². The zero-order valence-corrected chi connectivity index (χ0v) is 17.1. The average Bonchev–Trinajstić information content (AvgIpc) is 3.08. The second-order valence-electron chi connectivity index (χ2n) is 7.15. The molecule has 3 rings (SSSR count). The van der Waals surface area contributed by atoms with Crippen LogP contribution in [-0.2, 0) is 16.1 Å². The van der Waals surface area contributed by atoms with Crippen molar-refractivity contribution in [2.45, 2.75) is 46.6 Å². The zero-order valence-electron chi connectivity index (χ0n) is 17.1. The van der Waals surface area contributed by atoms with Crippen LogP contribution < -0.4 is 4.74 Å². The van der Waals surface area contributed by atoms with Gasteiger partial charge in [-0.15, -0.1) is 0 Å². The summed E-state index contributed by atoms with van der Waals surface area (Å²) in [5.74, 6) is 0.335. The molecular formula is C22H30N2O4. The normalized spacial score (nSPS) is 17.0. The Labute approximate surface area is 166 Å². The summed E-state index contributed by atoms with van der Waals surface area (Å²) in [6, 6.07) is 7.87. The van der Waals surface area contributed by atoms with E-state index in [2.05, 4.69) is 11.5 Å². The van der Waals surface area contributed by atoms with Gasteiger partial charge in [0.25, 0.3) is 5.91 Å². The molecule has 152 valence electrons. The monoisotopic (exact) mass is 386 g/mol. The number of hydrogen-bond donors (Lipinski definition) is 0. The van der Waals surface area contributed by atoms with E-state index in [1.807, 2.05) is 38.1 Å². The van der Waals surface area contributed by atoms with Gasteiger partial charge >= 0.3 is 5.97 Å². The SMILES string of the molecule is CCCn1c(C(=O)N2CCCC(C(=O)OCC)C2)cc2c(OCC)cccc21. The summed E-state index contributed by atoms with van der Waals surface area (Å²) in [6.07, 6.45) is 2.51. The molecule has 2 aromatic rings. The van der Waals surface area contributed by atoms with Crippen LogP contribution in [-0.4, -0.2) is 47.6 Å². The molecule has 0 bridgehead atoms. The molecule has 0 N–H and O–H groups in total. The number of nitrogens with zero attached hydrogens (tertiary/aromatic N) is 2. The maximum absolute atomic E-state index is 13.4. The number of piperidine rings is 1. The number of carbonyl (C=O) groups excluding carboxylic acids is 2. The first kappa shape index (κ1) is 20.2. The predicted octanol–water partition coefficient (Wildman–Crippen LogP) is 3.87. The number of aromatic nitrogens is 1. The number of fused-ring (bicyclic) bond motifs is 1. The van der Waals surface area contributed by atoms with Crippen LogP contribution >= 0.6 is 0 Å². The van der Waals surface area contributed by atoms with E-state index in [1.165, 1.54) is 0 Å². The first-order valence-corrected chi connectivity index (χ1v) is 10.3. The number of aryl methyl sites for hydroxylation is 1. The molecule has 1 aliphatic heterocycles. The Morgan fingerprint density at radius 2 is 2.00 bits per heavy atom. The molecule has 1 aliphatic rings. The summed E-state index contributed by atoms with van der Waals surface area (Å²) >= 11 is 0. The third-order valence-corrected chi connectivity index (χ3v) is 5.20. The lowest BCUT2D eigenvalue weighted by Gasteiger charge is -2.31. The van der Waals surface area contributed by atoms with Crippen LogP contribution in [0.2, 0.25) is 0 Å². The molecule has 1 aromatic carbocycles. The number of carbonyl (C=O) groups is 2. The Kier molecular flexibility index (Phi) is 6.60. The van der Waals surface area contributed by atoms with Gasteiger partial charge in [0, 0.05) is 25.0 Å². The molecule has 1 amide bonds. The largest absolute Gasteiger partial charge is 0.493 e. The predicted molar refractivity (Wildman–Crippen MR) is 109 cm³/mol. The fraction of sp³-hybridized carbons (Fsp3) is 0.545. The van der Waals surface area contributed by atoms with Gasteiger partial charge in [-0.25, -0.2) is 0 Å². The minimum atomic E-state index is -0.236. The van der Waals surface area contributed by atoms with Gasteiger partial charge in [-0.2, -0.15) is 0 Å². The van der Waals surface area contributed by atoms with E-state index in [1.54, 1.807) is 4.90 Å². The fourth-order valence-corrected chi connectivity index (χ4v) is 3.96. The highest BCUT2D eigenvalue weighted by Gasteiger charge is 2.31. The van der Waals surface area contributed by atoms with Crippen LogP contribution in [0.25, 0.3) is 10.9 Å². The minimum absolute atomic E-state index is 0.0268. The Morgan fingerprint density at radius 1 is 1.18 bits per heavy atom. The van der Waals surface area contributed by atoms with E-state index in [0.29, 0.717) is 32.0 Å². The maximum atomic E-state index is 13.4. The van der Waals surface area contributed by atoms with Crippen LogP contribution in [0, 0.1) is 5.92 Å². The smallest absolute Gasteiger partial charge is 0.310 e. The van der Waals surface area contributed by atoms with Gasteiger partial charge in [-0.05, 0) is 51.3 Å². The van der Waals surface area contributed by atoms with Crippen LogP contribution in [0.5, 0.6) is 5.75 Å². The summed E-state index contributed by atoms with van der Waals surface area (Å²) < 4.78 is 13.0. The molecule has 0 saturated carbocycles. The highest BCUT2D eigenvalue weighted by Crippen LogP contribution is 2.31. The standard InChI is InChI=1S/C22H30N2O4/c1-4-12-24-18-10-7-11-20(27-5-2)17(18)14-19(24)21(25)23-13-8-9-16(15-23)22(26)28-6-3/h7,10-11,14,16H,4-6,8-9,12-13,15H2,1-3H3. The lowest BCUT2D eigenvalue weighted by molar-refractivity contribution is -0.149. The number of rotatable bonds is 7. The van der Waals surface area contributed by atoms with Crippen molar-refractivity contribution < 1.29 is 19.1 Å². The first-order valence-electron chi connectivity index (χ1n) is 10.3. The molecule has 1 atom stereocenters. The van der Waals surface area contributed by atoms with Crippen LogP contribution in [0.1, 0.15) is 50.5 Å². The average molecular weight is 386 g/mol. The highest BCUT2D eigenvalue weighted by molar-refractivity contribution is 6.00. The number of hydrogen-bond acceptors (Lipinski definition) is 4. The highest BCUT2D eigenvalue weighted by atomic mass is 16.5. The summed E-state index contributed by atoms with van der Waals surface area (Å²) in [5, 5.41) is 0.958. The Balaban J connectivity index is 1.93. The Morgan fingerprint density at radius 3 is 2.71 bits per heavy atom. The number of amides is 1. The van der Waals surface area contributed by atoms with E-state index in [-0.39, 0.29) is 17.8 Å².